The summed E-state index contributed by atoms with van der Waals surface area (Å²) in [4.78, 5) is 12.2. The van der Waals surface area contributed by atoms with Crippen LogP contribution in [0, 0.1) is 13.8 Å². The zero-order valence-electron chi connectivity index (χ0n) is 14.1. The smallest absolute Gasteiger partial charge is 0.261 e. The van der Waals surface area contributed by atoms with Crippen LogP contribution in [-0.4, -0.2) is 18.8 Å². The molecule has 3 rings (SSSR count). The third-order valence-electron chi connectivity index (χ3n) is 3.91. The van der Waals surface area contributed by atoms with Gasteiger partial charge in [-0.15, -0.1) is 0 Å². The molecule has 0 aliphatic carbocycles. The van der Waals surface area contributed by atoms with Gasteiger partial charge in [-0.25, -0.2) is 0 Å². The first-order chi connectivity index (χ1) is 11.5. The van der Waals surface area contributed by atoms with Gasteiger partial charge < -0.3 is 19.5 Å². The molecule has 1 heterocycles. The fourth-order valence-corrected chi connectivity index (χ4v) is 2.56. The Labute approximate surface area is 141 Å². The highest BCUT2D eigenvalue weighted by Gasteiger charge is 2.17. The molecule has 24 heavy (non-hydrogen) atoms. The summed E-state index contributed by atoms with van der Waals surface area (Å²) in [5.41, 5.74) is 3.14. The average molecular weight is 327 g/mol. The van der Waals surface area contributed by atoms with Gasteiger partial charge in [0.05, 0.1) is 0 Å². The lowest BCUT2D eigenvalue weighted by Crippen LogP contribution is -2.36. The van der Waals surface area contributed by atoms with E-state index >= 15 is 0 Å². The van der Waals surface area contributed by atoms with Gasteiger partial charge in [-0.1, -0.05) is 23.8 Å². The van der Waals surface area contributed by atoms with E-state index in [1.54, 1.807) is 6.92 Å². The topological polar surface area (TPSA) is 56.8 Å². The van der Waals surface area contributed by atoms with Gasteiger partial charge in [0, 0.05) is 6.54 Å². The van der Waals surface area contributed by atoms with Gasteiger partial charge in [-0.3, -0.25) is 4.79 Å². The molecule has 1 atom stereocenters. The average Bonchev–Trinajstić information content (AvgIpc) is 3.02. The first-order valence-electron chi connectivity index (χ1n) is 7.93. The van der Waals surface area contributed by atoms with Crippen molar-refractivity contribution >= 4 is 5.91 Å². The Kier molecular flexibility index (Phi) is 4.60. The lowest BCUT2D eigenvalue weighted by Gasteiger charge is -2.16. The number of carbonyl (C=O) groups excluding carboxylic acids is 1. The van der Waals surface area contributed by atoms with E-state index in [9.17, 15) is 4.79 Å². The third kappa shape index (κ3) is 3.62. The first-order valence-corrected chi connectivity index (χ1v) is 7.93. The quantitative estimate of drug-likeness (QED) is 0.917. The normalized spacial score (nSPS) is 13.5. The number of hydrogen-bond acceptors (Lipinski definition) is 4. The van der Waals surface area contributed by atoms with E-state index in [1.165, 1.54) is 5.56 Å². The summed E-state index contributed by atoms with van der Waals surface area (Å²) in [5.74, 6) is 2.01. The van der Waals surface area contributed by atoms with Crippen LogP contribution < -0.4 is 19.5 Å². The molecule has 0 saturated carbocycles. The number of amides is 1. The Hall–Kier alpha value is -2.69. The van der Waals surface area contributed by atoms with Crippen molar-refractivity contribution in [1.29, 1.82) is 0 Å². The number of nitrogens with one attached hydrogen (secondary N) is 1. The van der Waals surface area contributed by atoms with Crippen LogP contribution >= 0.6 is 0 Å². The molecule has 5 nitrogen and oxygen atoms in total. The lowest BCUT2D eigenvalue weighted by atomic mass is 10.1. The largest absolute Gasteiger partial charge is 0.481 e. The molecule has 0 bridgehead atoms. The molecule has 1 N–H and O–H groups in total. The van der Waals surface area contributed by atoms with Crippen LogP contribution in [0.5, 0.6) is 17.2 Å². The summed E-state index contributed by atoms with van der Waals surface area (Å²) in [5, 5.41) is 2.88. The minimum atomic E-state index is -0.569. The second-order valence-electron chi connectivity index (χ2n) is 5.93. The zero-order valence-corrected chi connectivity index (χ0v) is 14.1. The van der Waals surface area contributed by atoms with E-state index in [-0.39, 0.29) is 12.7 Å². The van der Waals surface area contributed by atoms with Crippen LogP contribution in [0.25, 0.3) is 0 Å². The molecule has 1 amide bonds. The van der Waals surface area contributed by atoms with Gasteiger partial charge in [0.25, 0.3) is 5.91 Å². The lowest BCUT2D eigenvalue weighted by molar-refractivity contribution is -0.127. The van der Waals surface area contributed by atoms with E-state index in [4.69, 9.17) is 14.2 Å². The fraction of sp³-hybridized carbons (Fsp3) is 0.316. The molecular weight excluding hydrogens is 306 g/mol. The van der Waals surface area contributed by atoms with E-state index in [0.717, 1.165) is 22.6 Å². The van der Waals surface area contributed by atoms with Gasteiger partial charge in [-0.2, -0.15) is 0 Å². The number of aryl methyl sites for hydroxylation is 2. The number of rotatable bonds is 5. The van der Waals surface area contributed by atoms with Gasteiger partial charge in [0.1, 0.15) is 5.75 Å². The minimum absolute atomic E-state index is 0.160. The van der Waals surface area contributed by atoms with Crippen molar-refractivity contribution in [1.82, 2.24) is 5.32 Å². The SMILES string of the molecule is Cc1ccc(O[C@H](C)C(=O)NCc2ccc3c(c2)OCO3)c(C)c1. The number of carbonyl (C=O) groups is 1. The molecule has 126 valence electrons. The van der Waals surface area contributed by atoms with Crippen molar-refractivity contribution < 1.29 is 19.0 Å². The summed E-state index contributed by atoms with van der Waals surface area (Å²) < 4.78 is 16.4. The van der Waals surface area contributed by atoms with Crippen LogP contribution in [0.15, 0.2) is 36.4 Å². The summed E-state index contributed by atoms with van der Waals surface area (Å²) >= 11 is 0. The summed E-state index contributed by atoms with van der Waals surface area (Å²) in [6.07, 6.45) is -0.569. The number of fused-ring (bicyclic) bond motifs is 1. The molecule has 2 aromatic rings. The summed E-state index contributed by atoms with van der Waals surface area (Å²) in [6, 6.07) is 11.5. The predicted octanol–water partition coefficient (Wildman–Crippen LogP) is 3.12. The van der Waals surface area contributed by atoms with Crippen molar-refractivity contribution in [3.05, 3.63) is 53.1 Å². The Bertz CT molecular complexity index is 757. The molecule has 0 fully saturated rings. The zero-order chi connectivity index (χ0) is 17.1. The van der Waals surface area contributed by atoms with Crippen LogP contribution in [0.4, 0.5) is 0 Å². The van der Waals surface area contributed by atoms with Crippen molar-refractivity contribution in [2.45, 2.75) is 33.4 Å². The van der Waals surface area contributed by atoms with E-state index < -0.39 is 6.10 Å². The van der Waals surface area contributed by atoms with Crippen molar-refractivity contribution in [3.8, 4) is 17.2 Å². The Morgan fingerprint density at radius 1 is 1.17 bits per heavy atom. The van der Waals surface area contributed by atoms with Crippen molar-refractivity contribution in [3.63, 3.8) is 0 Å². The molecule has 0 radical (unpaired) electrons. The van der Waals surface area contributed by atoms with Gasteiger partial charge >= 0.3 is 0 Å². The monoisotopic (exact) mass is 327 g/mol. The Morgan fingerprint density at radius 3 is 2.75 bits per heavy atom. The highest BCUT2D eigenvalue weighted by molar-refractivity contribution is 5.80. The van der Waals surface area contributed by atoms with Crippen LogP contribution in [0.2, 0.25) is 0 Å². The number of benzene rings is 2. The fourth-order valence-electron chi connectivity index (χ4n) is 2.56. The minimum Gasteiger partial charge on any atom is -0.481 e. The molecule has 2 aromatic carbocycles. The highest BCUT2D eigenvalue weighted by atomic mass is 16.7. The maximum Gasteiger partial charge on any atom is 0.261 e. The molecule has 1 aliphatic rings. The maximum atomic E-state index is 12.2. The Balaban J connectivity index is 1.56. The van der Waals surface area contributed by atoms with Crippen molar-refractivity contribution in [2.75, 3.05) is 6.79 Å². The van der Waals surface area contributed by atoms with Crippen LogP contribution in [0.3, 0.4) is 0 Å². The first kappa shape index (κ1) is 16.2. The van der Waals surface area contributed by atoms with Crippen LogP contribution in [0.1, 0.15) is 23.6 Å². The number of hydrogen-bond donors (Lipinski definition) is 1. The van der Waals surface area contributed by atoms with Gasteiger partial charge in [0.15, 0.2) is 17.6 Å². The summed E-state index contributed by atoms with van der Waals surface area (Å²) in [6.45, 7) is 6.40. The maximum absolute atomic E-state index is 12.2. The van der Waals surface area contributed by atoms with Gasteiger partial charge in [0.2, 0.25) is 6.79 Å². The van der Waals surface area contributed by atoms with E-state index in [1.807, 2.05) is 50.2 Å². The molecule has 1 aliphatic heterocycles. The number of ether oxygens (including phenoxy) is 3. The molecule has 0 aromatic heterocycles. The van der Waals surface area contributed by atoms with E-state index in [0.29, 0.717) is 12.3 Å². The Morgan fingerprint density at radius 2 is 1.96 bits per heavy atom. The molecule has 0 spiro atoms. The highest BCUT2D eigenvalue weighted by Crippen LogP contribution is 2.32. The standard InChI is InChI=1S/C19H21NO4/c1-12-4-6-16(13(2)8-12)24-14(3)19(21)20-10-15-5-7-17-18(9-15)23-11-22-17/h4-9,14H,10-11H2,1-3H3,(H,20,21)/t14-/m1/s1. The molecule has 0 saturated heterocycles. The predicted molar refractivity (Wildman–Crippen MR) is 90.4 cm³/mol. The third-order valence-corrected chi connectivity index (χ3v) is 3.91. The molecular formula is C19H21NO4. The van der Waals surface area contributed by atoms with Gasteiger partial charge in [-0.05, 0) is 50.1 Å². The van der Waals surface area contributed by atoms with E-state index in [2.05, 4.69) is 5.32 Å². The second-order valence-corrected chi connectivity index (χ2v) is 5.93. The molecule has 5 heteroatoms. The summed E-state index contributed by atoms with van der Waals surface area (Å²) in [7, 11) is 0. The molecule has 0 unspecified atom stereocenters. The van der Waals surface area contributed by atoms with Crippen LogP contribution in [-0.2, 0) is 11.3 Å². The van der Waals surface area contributed by atoms with Crippen molar-refractivity contribution in [2.24, 2.45) is 0 Å². The second kappa shape index (κ2) is 6.83.